The van der Waals surface area contributed by atoms with Crippen molar-refractivity contribution in [2.45, 2.75) is 64.0 Å². The zero-order chi connectivity index (χ0) is 11.4. The van der Waals surface area contributed by atoms with Crippen LogP contribution in [0.1, 0.15) is 51.9 Å². The van der Waals surface area contributed by atoms with Crippen molar-refractivity contribution in [2.75, 3.05) is 20.1 Å². The topological polar surface area (TPSA) is 15.3 Å². The summed E-state index contributed by atoms with van der Waals surface area (Å²) in [7, 11) is 2.14. The molecule has 2 rings (SSSR count). The zero-order valence-electron chi connectivity index (χ0n) is 11.0. The van der Waals surface area contributed by atoms with Crippen LogP contribution >= 0.6 is 0 Å². The molecule has 1 N–H and O–H groups in total. The van der Waals surface area contributed by atoms with Gasteiger partial charge in [0.15, 0.2) is 0 Å². The molecule has 2 heteroatoms. The fraction of sp³-hybridized carbons (Fsp3) is 1.00. The monoisotopic (exact) mass is 224 g/mol. The molecule has 2 fully saturated rings. The van der Waals surface area contributed by atoms with E-state index in [1.165, 1.54) is 58.0 Å². The van der Waals surface area contributed by atoms with Gasteiger partial charge in [-0.2, -0.15) is 0 Å². The van der Waals surface area contributed by atoms with E-state index in [2.05, 4.69) is 24.2 Å². The number of nitrogens with one attached hydrogen (secondary N) is 1. The lowest BCUT2D eigenvalue weighted by Gasteiger charge is -2.28. The molecule has 0 aliphatic heterocycles. The fourth-order valence-electron chi connectivity index (χ4n) is 3.16. The molecule has 0 bridgehead atoms. The van der Waals surface area contributed by atoms with Crippen LogP contribution in [0.5, 0.6) is 0 Å². The van der Waals surface area contributed by atoms with Crippen molar-refractivity contribution >= 4 is 0 Å². The van der Waals surface area contributed by atoms with Gasteiger partial charge in [-0.1, -0.05) is 19.8 Å². The largest absolute Gasteiger partial charge is 0.317 e. The van der Waals surface area contributed by atoms with Gasteiger partial charge in [-0.3, -0.25) is 0 Å². The third kappa shape index (κ3) is 3.21. The van der Waals surface area contributed by atoms with Crippen LogP contribution < -0.4 is 5.32 Å². The standard InChI is InChI=1S/C14H28N2/c1-3-4-10-16(13-8-9-13)11-12-6-5-7-14(12)15-2/h12-15H,3-11H2,1-2H3. The number of unbranched alkanes of at least 4 members (excludes halogenated alkanes) is 1. The molecule has 0 saturated heterocycles. The van der Waals surface area contributed by atoms with Crippen LogP contribution in [-0.4, -0.2) is 37.1 Å². The highest BCUT2D eigenvalue weighted by Gasteiger charge is 2.33. The first kappa shape index (κ1) is 12.4. The van der Waals surface area contributed by atoms with Gasteiger partial charge in [-0.15, -0.1) is 0 Å². The summed E-state index contributed by atoms with van der Waals surface area (Å²) in [6, 6.07) is 1.74. The predicted molar refractivity (Wildman–Crippen MR) is 69.7 cm³/mol. The van der Waals surface area contributed by atoms with E-state index in [0.29, 0.717) is 0 Å². The van der Waals surface area contributed by atoms with Crippen molar-refractivity contribution in [2.24, 2.45) is 5.92 Å². The number of rotatable bonds is 7. The minimum atomic E-state index is 0.794. The smallest absolute Gasteiger partial charge is 0.0104 e. The summed E-state index contributed by atoms with van der Waals surface area (Å²) in [6.07, 6.45) is 9.91. The van der Waals surface area contributed by atoms with E-state index in [0.717, 1.165) is 18.0 Å². The van der Waals surface area contributed by atoms with Crippen LogP contribution in [0.2, 0.25) is 0 Å². The van der Waals surface area contributed by atoms with Crippen molar-refractivity contribution < 1.29 is 0 Å². The highest BCUT2D eigenvalue weighted by atomic mass is 15.2. The van der Waals surface area contributed by atoms with Crippen LogP contribution in [0.25, 0.3) is 0 Å². The molecular weight excluding hydrogens is 196 g/mol. The summed E-state index contributed by atoms with van der Waals surface area (Å²) in [4.78, 5) is 2.78. The second kappa shape index (κ2) is 6.02. The lowest BCUT2D eigenvalue weighted by atomic mass is 10.0. The molecule has 0 radical (unpaired) electrons. The molecule has 0 amide bonds. The first-order valence-electron chi connectivity index (χ1n) is 7.26. The molecule has 2 nitrogen and oxygen atoms in total. The quantitative estimate of drug-likeness (QED) is 0.715. The van der Waals surface area contributed by atoms with Crippen molar-refractivity contribution in [3.63, 3.8) is 0 Å². The molecule has 0 aromatic heterocycles. The second-order valence-electron chi connectivity index (χ2n) is 5.67. The Morgan fingerprint density at radius 1 is 1.19 bits per heavy atom. The van der Waals surface area contributed by atoms with Crippen LogP contribution in [0.15, 0.2) is 0 Å². The highest BCUT2D eigenvalue weighted by molar-refractivity contribution is 4.90. The van der Waals surface area contributed by atoms with Gasteiger partial charge in [0.25, 0.3) is 0 Å². The molecule has 16 heavy (non-hydrogen) atoms. The number of hydrogen-bond acceptors (Lipinski definition) is 2. The molecule has 94 valence electrons. The average molecular weight is 224 g/mol. The van der Waals surface area contributed by atoms with Gasteiger partial charge in [0, 0.05) is 18.6 Å². The average Bonchev–Trinajstić information content (AvgIpc) is 3.05. The Morgan fingerprint density at radius 3 is 2.62 bits per heavy atom. The van der Waals surface area contributed by atoms with Gasteiger partial charge in [-0.05, 0) is 51.6 Å². The Hall–Kier alpha value is -0.0800. The predicted octanol–water partition coefficient (Wildman–Crippen LogP) is 2.64. The zero-order valence-corrected chi connectivity index (χ0v) is 11.0. The van der Waals surface area contributed by atoms with Crippen molar-refractivity contribution in [1.82, 2.24) is 10.2 Å². The van der Waals surface area contributed by atoms with Crippen molar-refractivity contribution in [3.05, 3.63) is 0 Å². The number of hydrogen-bond donors (Lipinski definition) is 1. The molecule has 2 unspecified atom stereocenters. The van der Waals surface area contributed by atoms with Gasteiger partial charge >= 0.3 is 0 Å². The fourth-order valence-corrected chi connectivity index (χ4v) is 3.16. The Morgan fingerprint density at radius 2 is 2.00 bits per heavy atom. The molecule has 2 aliphatic rings. The molecule has 0 spiro atoms. The number of nitrogens with zero attached hydrogens (tertiary/aromatic N) is 1. The Labute approximate surface area is 101 Å². The van der Waals surface area contributed by atoms with E-state index in [1.54, 1.807) is 0 Å². The first-order chi connectivity index (χ1) is 7.85. The molecule has 2 atom stereocenters. The summed E-state index contributed by atoms with van der Waals surface area (Å²) < 4.78 is 0. The van der Waals surface area contributed by atoms with Crippen LogP contribution in [0, 0.1) is 5.92 Å². The molecule has 0 aromatic carbocycles. The minimum absolute atomic E-state index is 0.794. The van der Waals surface area contributed by atoms with Crippen LogP contribution in [-0.2, 0) is 0 Å². The maximum atomic E-state index is 3.51. The third-order valence-electron chi connectivity index (χ3n) is 4.36. The Kier molecular flexibility index (Phi) is 4.66. The van der Waals surface area contributed by atoms with Gasteiger partial charge in [0.1, 0.15) is 0 Å². The minimum Gasteiger partial charge on any atom is -0.317 e. The van der Waals surface area contributed by atoms with Gasteiger partial charge in [0.2, 0.25) is 0 Å². The van der Waals surface area contributed by atoms with Crippen molar-refractivity contribution in [3.8, 4) is 0 Å². The molecule has 0 aromatic rings. The third-order valence-corrected chi connectivity index (χ3v) is 4.36. The van der Waals surface area contributed by atoms with Gasteiger partial charge in [-0.25, -0.2) is 0 Å². The van der Waals surface area contributed by atoms with Crippen LogP contribution in [0.3, 0.4) is 0 Å². The van der Waals surface area contributed by atoms with Crippen molar-refractivity contribution in [1.29, 1.82) is 0 Å². The van der Waals surface area contributed by atoms with E-state index in [1.807, 2.05) is 0 Å². The van der Waals surface area contributed by atoms with E-state index in [9.17, 15) is 0 Å². The molecule has 2 aliphatic carbocycles. The van der Waals surface area contributed by atoms with E-state index in [4.69, 9.17) is 0 Å². The highest BCUT2D eigenvalue weighted by Crippen LogP contribution is 2.32. The summed E-state index contributed by atoms with van der Waals surface area (Å²) in [6.45, 7) is 5.00. The lowest BCUT2D eigenvalue weighted by molar-refractivity contribution is 0.204. The Balaban J connectivity index is 1.79. The first-order valence-corrected chi connectivity index (χ1v) is 7.26. The van der Waals surface area contributed by atoms with Gasteiger partial charge in [0.05, 0.1) is 0 Å². The van der Waals surface area contributed by atoms with E-state index >= 15 is 0 Å². The Bertz CT molecular complexity index is 201. The summed E-state index contributed by atoms with van der Waals surface area (Å²) in [5.41, 5.74) is 0. The normalized spacial score (nSPS) is 30.2. The second-order valence-corrected chi connectivity index (χ2v) is 5.67. The molecule has 0 heterocycles. The molecular formula is C14H28N2. The summed E-state index contributed by atoms with van der Waals surface area (Å²) >= 11 is 0. The lowest BCUT2D eigenvalue weighted by Crippen LogP contribution is -2.39. The van der Waals surface area contributed by atoms with Crippen LogP contribution in [0.4, 0.5) is 0 Å². The van der Waals surface area contributed by atoms with Gasteiger partial charge < -0.3 is 10.2 Å². The molecule has 2 saturated carbocycles. The maximum Gasteiger partial charge on any atom is 0.0104 e. The summed E-state index contributed by atoms with van der Waals surface area (Å²) in [5.74, 6) is 0.919. The maximum absolute atomic E-state index is 3.51. The van der Waals surface area contributed by atoms with E-state index in [-0.39, 0.29) is 0 Å². The SMILES string of the molecule is CCCCN(CC1CCCC1NC)C1CC1. The summed E-state index contributed by atoms with van der Waals surface area (Å²) in [5, 5.41) is 3.51. The van der Waals surface area contributed by atoms with E-state index < -0.39 is 0 Å².